The molecule has 0 fully saturated rings. The Labute approximate surface area is 179 Å². The molecule has 0 saturated heterocycles. The van der Waals surface area contributed by atoms with Gasteiger partial charge in [-0.2, -0.15) is 0 Å². The average molecular weight is 404 g/mol. The van der Waals surface area contributed by atoms with Crippen molar-refractivity contribution in [2.24, 2.45) is 0 Å². The topological polar surface area (TPSA) is 38.8 Å². The number of carbonyl (C=O) groups is 1. The predicted molar refractivity (Wildman–Crippen MR) is 121 cm³/mol. The molecule has 0 unspecified atom stereocenters. The molecular weight excluding hydrogens is 374 g/mol. The summed E-state index contributed by atoms with van der Waals surface area (Å²) in [6.45, 7) is 6.63. The summed E-state index contributed by atoms with van der Waals surface area (Å²) in [4.78, 5) is 14.2. The van der Waals surface area contributed by atoms with Crippen molar-refractivity contribution in [1.82, 2.24) is 0 Å². The lowest BCUT2D eigenvalue weighted by molar-refractivity contribution is 0.0526. The second kappa shape index (κ2) is 11.1. The van der Waals surface area contributed by atoms with Crippen LogP contribution in [0.25, 0.3) is 0 Å². The summed E-state index contributed by atoms with van der Waals surface area (Å²) in [5.41, 5.74) is 4.02. The van der Waals surface area contributed by atoms with E-state index in [0.29, 0.717) is 18.8 Å². The minimum atomic E-state index is -0.281. The number of anilines is 1. The van der Waals surface area contributed by atoms with Crippen LogP contribution in [0, 0.1) is 0 Å². The van der Waals surface area contributed by atoms with Crippen LogP contribution in [0.3, 0.4) is 0 Å². The second-order valence-electron chi connectivity index (χ2n) is 6.98. The van der Waals surface area contributed by atoms with E-state index in [4.69, 9.17) is 9.47 Å². The van der Waals surface area contributed by atoms with Gasteiger partial charge in [0.25, 0.3) is 0 Å². The molecule has 156 valence electrons. The molecule has 4 nitrogen and oxygen atoms in total. The molecule has 0 aliphatic carbocycles. The zero-order chi connectivity index (χ0) is 21.2. The highest BCUT2D eigenvalue weighted by molar-refractivity contribution is 5.89. The summed E-state index contributed by atoms with van der Waals surface area (Å²) in [6, 6.07) is 26.0. The Kier molecular flexibility index (Phi) is 7.90. The van der Waals surface area contributed by atoms with Gasteiger partial charge in [0.05, 0.1) is 12.2 Å². The van der Waals surface area contributed by atoms with Crippen LogP contribution in [0.5, 0.6) is 5.75 Å². The van der Waals surface area contributed by atoms with Crippen molar-refractivity contribution in [2.75, 3.05) is 24.6 Å². The van der Waals surface area contributed by atoms with Crippen LogP contribution in [-0.4, -0.2) is 25.7 Å². The van der Waals surface area contributed by atoms with Crippen LogP contribution in [0.1, 0.15) is 35.3 Å². The van der Waals surface area contributed by atoms with Gasteiger partial charge in [-0.1, -0.05) is 48.5 Å². The summed E-state index contributed by atoms with van der Waals surface area (Å²) in [6.07, 6.45) is 0.873. The fourth-order valence-electron chi connectivity index (χ4n) is 3.33. The first-order valence-electron chi connectivity index (χ1n) is 10.5. The Balaban J connectivity index is 1.63. The second-order valence-corrected chi connectivity index (χ2v) is 6.98. The number of para-hydroxylation sites is 1. The number of benzene rings is 3. The Hall–Kier alpha value is -3.27. The van der Waals surface area contributed by atoms with Gasteiger partial charge in [0.1, 0.15) is 12.4 Å². The standard InChI is InChI=1S/C26H29NO3/c1-3-27(24-16-14-23(15-17-24)26(28)29-4-2)19-18-22-12-8-9-13-25(22)30-20-21-10-6-5-7-11-21/h5-17H,3-4,18-20H2,1-2H3. The smallest absolute Gasteiger partial charge is 0.338 e. The van der Waals surface area contributed by atoms with Gasteiger partial charge in [-0.05, 0) is 61.7 Å². The zero-order valence-electron chi connectivity index (χ0n) is 17.7. The van der Waals surface area contributed by atoms with Gasteiger partial charge < -0.3 is 14.4 Å². The van der Waals surface area contributed by atoms with Crippen molar-refractivity contribution in [3.8, 4) is 5.75 Å². The van der Waals surface area contributed by atoms with Crippen LogP contribution in [-0.2, 0) is 17.8 Å². The van der Waals surface area contributed by atoms with Gasteiger partial charge in [-0.3, -0.25) is 0 Å². The molecule has 0 radical (unpaired) electrons. The summed E-state index contributed by atoms with van der Waals surface area (Å²) in [7, 11) is 0. The molecule has 0 amide bonds. The van der Waals surface area contributed by atoms with Gasteiger partial charge >= 0.3 is 5.97 Å². The van der Waals surface area contributed by atoms with E-state index in [1.165, 1.54) is 5.56 Å². The Morgan fingerprint density at radius 2 is 1.57 bits per heavy atom. The molecule has 0 bridgehead atoms. The maximum Gasteiger partial charge on any atom is 0.338 e. The van der Waals surface area contributed by atoms with E-state index in [1.54, 1.807) is 0 Å². The molecule has 0 aliphatic rings. The van der Waals surface area contributed by atoms with Crippen LogP contribution in [0.4, 0.5) is 5.69 Å². The van der Waals surface area contributed by atoms with E-state index in [9.17, 15) is 4.79 Å². The van der Waals surface area contributed by atoms with Crippen molar-refractivity contribution >= 4 is 11.7 Å². The van der Waals surface area contributed by atoms with Crippen molar-refractivity contribution in [2.45, 2.75) is 26.9 Å². The fraction of sp³-hybridized carbons (Fsp3) is 0.269. The molecule has 0 aliphatic heterocycles. The number of likely N-dealkylation sites (N-methyl/N-ethyl adjacent to an activating group) is 1. The Bertz CT molecular complexity index is 923. The number of carbonyl (C=O) groups excluding carboxylic acids is 1. The highest BCUT2D eigenvalue weighted by Crippen LogP contribution is 2.22. The Morgan fingerprint density at radius 3 is 2.27 bits per heavy atom. The molecule has 3 aromatic carbocycles. The van der Waals surface area contributed by atoms with Crippen molar-refractivity contribution in [3.05, 3.63) is 95.6 Å². The van der Waals surface area contributed by atoms with E-state index >= 15 is 0 Å². The molecule has 30 heavy (non-hydrogen) atoms. The number of nitrogens with zero attached hydrogens (tertiary/aromatic N) is 1. The van der Waals surface area contributed by atoms with Crippen LogP contribution >= 0.6 is 0 Å². The third-order valence-corrected chi connectivity index (χ3v) is 4.99. The van der Waals surface area contributed by atoms with Crippen LogP contribution in [0.15, 0.2) is 78.9 Å². The minimum absolute atomic E-state index is 0.281. The number of hydrogen-bond acceptors (Lipinski definition) is 4. The highest BCUT2D eigenvalue weighted by atomic mass is 16.5. The third kappa shape index (κ3) is 5.86. The number of ether oxygens (including phenoxy) is 2. The maximum atomic E-state index is 11.9. The number of esters is 1. The van der Waals surface area contributed by atoms with Gasteiger partial charge in [-0.15, -0.1) is 0 Å². The molecular formula is C26H29NO3. The maximum absolute atomic E-state index is 11.9. The Morgan fingerprint density at radius 1 is 0.867 bits per heavy atom. The average Bonchev–Trinajstić information content (AvgIpc) is 2.80. The molecule has 0 aromatic heterocycles. The van der Waals surface area contributed by atoms with E-state index in [1.807, 2.05) is 61.5 Å². The lowest BCUT2D eigenvalue weighted by Gasteiger charge is -2.24. The molecule has 3 aromatic rings. The molecule has 0 N–H and O–H groups in total. The summed E-state index contributed by atoms with van der Waals surface area (Å²) in [5, 5.41) is 0. The van der Waals surface area contributed by atoms with Crippen molar-refractivity contribution in [3.63, 3.8) is 0 Å². The molecule has 0 heterocycles. The summed E-state index contributed by atoms with van der Waals surface area (Å²) >= 11 is 0. The molecule has 0 saturated carbocycles. The van der Waals surface area contributed by atoms with E-state index in [0.717, 1.165) is 36.5 Å². The van der Waals surface area contributed by atoms with Crippen LogP contribution in [0.2, 0.25) is 0 Å². The fourth-order valence-corrected chi connectivity index (χ4v) is 3.33. The van der Waals surface area contributed by atoms with Crippen LogP contribution < -0.4 is 9.64 Å². The van der Waals surface area contributed by atoms with Crippen molar-refractivity contribution < 1.29 is 14.3 Å². The molecule has 0 spiro atoms. The third-order valence-electron chi connectivity index (χ3n) is 4.99. The monoisotopic (exact) mass is 403 g/mol. The lowest BCUT2D eigenvalue weighted by Crippen LogP contribution is -2.25. The summed E-state index contributed by atoms with van der Waals surface area (Å²) in [5.74, 6) is 0.645. The summed E-state index contributed by atoms with van der Waals surface area (Å²) < 4.78 is 11.2. The van der Waals surface area contributed by atoms with E-state index < -0.39 is 0 Å². The largest absolute Gasteiger partial charge is 0.489 e. The molecule has 0 atom stereocenters. The van der Waals surface area contributed by atoms with Gasteiger partial charge in [-0.25, -0.2) is 4.79 Å². The first kappa shape index (κ1) is 21.4. The number of hydrogen-bond donors (Lipinski definition) is 0. The lowest BCUT2D eigenvalue weighted by atomic mass is 10.1. The highest BCUT2D eigenvalue weighted by Gasteiger charge is 2.10. The van der Waals surface area contributed by atoms with Crippen molar-refractivity contribution in [1.29, 1.82) is 0 Å². The van der Waals surface area contributed by atoms with Gasteiger partial charge in [0.2, 0.25) is 0 Å². The minimum Gasteiger partial charge on any atom is -0.489 e. The quantitative estimate of drug-likeness (QED) is 0.418. The van der Waals surface area contributed by atoms with Gasteiger partial charge in [0.15, 0.2) is 0 Å². The molecule has 3 rings (SSSR count). The normalized spacial score (nSPS) is 10.5. The van der Waals surface area contributed by atoms with E-state index in [-0.39, 0.29) is 5.97 Å². The number of rotatable bonds is 10. The zero-order valence-corrected chi connectivity index (χ0v) is 17.7. The molecule has 4 heteroatoms. The van der Waals surface area contributed by atoms with Gasteiger partial charge in [0, 0.05) is 18.8 Å². The first-order chi connectivity index (χ1) is 14.7. The SMILES string of the molecule is CCOC(=O)c1ccc(N(CC)CCc2ccccc2OCc2ccccc2)cc1. The predicted octanol–water partition coefficient (Wildman–Crippen LogP) is 5.51. The first-order valence-corrected chi connectivity index (χ1v) is 10.5. The van der Waals surface area contributed by atoms with E-state index in [2.05, 4.69) is 36.1 Å².